The normalized spacial score (nSPS) is 36.1. The van der Waals surface area contributed by atoms with Crippen LogP contribution in [0.25, 0.3) is 0 Å². The van der Waals surface area contributed by atoms with Crippen LogP contribution in [-0.2, 0) is 4.79 Å². The number of ketones is 1. The Hall–Kier alpha value is -0.630. The van der Waals surface area contributed by atoms with Gasteiger partial charge in [0.2, 0.25) is 0 Å². The predicted octanol–water partition coefficient (Wildman–Crippen LogP) is 1.29. The molecule has 1 aliphatic carbocycles. The first-order valence-electron chi connectivity index (χ1n) is 6.43. The standard InChI is InChI=1S/C9H14O2/c1-9(2,11)7-3-5-8(10)6-4-7/h3,5,7,11H,4,6H2,1-2H3/t7-/m1/s1/i1D3,2D3. The van der Waals surface area contributed by atoms with E-state index in [1.54, 1.807) is 0 Å². The number of rotatable bonds is 1. The molecule has 1 atom stereocenters. The van der Waals surface area contributed by atoms with Gasteiger partial charge in [0, 0.05) is 20.6 Å². The second-order valence-electron chi connectivity index (χ2n) is 2.74. The molecule has 0 spiro atoms. The summed E-state index contributed by atoms with van der Waals surface area (Å²) in [5.41, 5.74) is -2.81. The van der Waals surface area contributed by atoms with Crippen molar-refractivity contribution in [2.45, 2.75) is 32.1 Å². The maximum absolute atomic E-state index is 11.0. The monoisotopic (exact) mass is 160 g/mol. The zero-order valence-electron chi connectivity index (χ0n) is 12.0. The van der Waals surface area contributed by atoms with E-state index in [4.69, 9.17) is 8.22 Å². The lowest BCUT2D eigenvalue weighted by Crippen LogP contribution is -2.31. The minimum Gasteiger partial charge on any atom is -0.390 e. The van der Waals surface area contributed by atoms with E-state index < -0.39 is 25.2 Å². The van der Waals surface area contributed by atoms with Gasteiger partial charge in [-0.1, -0.05) is 6.08 Å². The second kappa shape index (κ2) is 2.78. The number of carbonyl (C=O) groups excluding carboxylic acids is 1. The van der Waals surface area contributed by atoms with E-state index in [2.05, 4.69) is 0 Å². The van der Waals surface area contributed by atoms with Crippen molar-refractivity contribution in [2.75, 3.05) is 0 Å². The van der Waals surface area contributed by atoms with Crippen molar-refractivity contribution in [3.05, 3.63) is 12.2 Å². The Kier molecular flexibility index (Phi) is 0.858. The summed E-state index contributed by atoms with van der Waals surface area (Å²) in [6.45, 7) is -6.07. The Balaban J connectivity index is 3.18. The Labute approximate surface area is 75.3 Å². The molecule has 1 aliphatic rings. The maximum atomic E-state index is 11.0. The first kappa shape index (κ1) is 3.40. The van der Waals surface area contributed by atoms with Crippen molar-refractivity contribution >= 4 is 5.78 Å². The van der Waals surface area contributed by atoms with Crippen LogP contribution in [0.1, 0.15) is 34.8 Å². The molecule has 2 heteroatoms. The van der Waals surface area contributed by atoms with Crippen LogP contribution in [0.2, 0.25) is 0 Å². The summed E-state index contributed by atoms with van der Waals surface area (Å²) < 4.78 is 43.4. The first-order chi connectivity index (χ1) is 7.50. The molecule has 0 bridgehead atoms. The number of hydrogen-bond acceptors (Lipinski definition) is 2. The molecule has 0 aromatic heterocycles. The average molecular weight is 160 g/mol. The van der Waals surface area contributed by atoms with E-state index >= 15 is 0 Å². The fraction of sp³-hybridized carbons (Fsp3) is 0.667. The van der Waals surface area contributed by atoms with Gasteiger partial charge in [-0.05, 0) is 26.2 Å². The number of hydrogen-bond donors (Lipinski definition) is 1. The molecule has 0 heterocycles. The van der Waals surface area contributed by atoms with E-state index in [1.807, 2.05) is 0 Å². The Bertz CT molecular complexity index is 326. The van der Waals surface area contributed by atoms with Crippen molar-refractivity contribution in [1.82, 2.24) is 0 Å². The molecule has 0 aliphatic heterocycles. The molecule has 62 valence electrons. The predicted molar refractivity (Wildman–Crippen MR) is 43.2 cm³/mol. The molecule has 0 saturated heterocycles. The summed E-state index contributed by atoms with van der Waals surface area (Å²) >= 11 is 0. The van der Waals surface area contributed by atoms with Crippen molar-refractivity contribution in [1.29, 1.82) is 0 Å². The SMILES string of the molecule is [2H]C([2H])([2H])C(O)([C@@H]1C=CC(=O)CC1)C([2H])([2H])[2H]. The van der Waals surface area contributed by atoms with Crippen LogP contribution in [0.3, 0.4) is 0 Å². The zero-order valence-corrected chi connectivity index (χ0v) is 6.00. The maximum Gasteiger partial charge on any atom is 0.155 e. The zero-order chi connectivity index (χ0) is 13.5. The lowest BCUT2D eigenvalue weighted by Gasteiger charge is -2.28. The molecule has 2 nitrogen and oxygen atoms in total. The molecular weight excluding hydrogens is 140 g/mol. The topological polar surface area (TPSA) is 37.3 Å². The highest BCUT2D eigenvalue weighted by atomic mass is 16.3. The van der Waals surface area contributed by atoms with Gasteiger partial charge in [-0.25, -0.2) is 0 Å². The van der Waals surface area contributed by atoms with E-state index in [9.17, 15) is 9.90 Å². The third-order valence-electron chi connectivity index (χ3n) is 1.75. The highest BCUT2D eigenvalue weighted by Gasteiger charge is 2.26. The van der Waals surface area contributed by atoms with Crippen LogP contribution in [0.4, 0.5) is 0 Å². The first-order valence-corrected chi connectivity index (χ1v) is 3.43. The van der Waals surface area contributed by atoms with E-state index in [1.165, 1.54) is 6.08 Å². The Morgan fingerprint density at radius 3 is 3.00 bits per heavy atom. The van der Waals surface area contributed by atoms with Crippen LogP contribution < -0.4 is 0 Å². The summed E-state index contributed by atoms with van der Waals surface area (Å²) in [4.78, 5) is 11.0. The molecule has 0 unspecified atom stereocenters. The summed E-state index contributed by atoms with van der Waals surface area (Å²) in [5, 5.41) is 10.1. The van der Waals surface area contributed by atoms with Gasteiger partial charge in [0.15, 0.2) is 5.78 Å². The van der Waals surface area contributed by atoms with Crippen LogP contribution in [0.5, 0.6) is 0 Å². The third kappa shape index (κ3) is 2.15. The lowest BCUT2D eigenvalue weighted by molar-refractivity contribution is -0.115. The molecule has 1 N–H and O–H groups in total. The lowest BCUT2D eigenvalue weighted by atomic mass is 9.83. The second-order valence-corrected chi connectivity index (χ2v) is 2.74. The van der Waals surface area contributed by atoms with Crippen molar-refractivity contribution < 1.29 is 18.1 Å². The Morgan fingerprint density at radius 1 is 1.82 bits per heavy atom. The van der Waals surface area contributed by atoms with Crippen molar-refractivity contribution in [3.63, 3.8) is 0 Å². The summed E-state index contributed by atoms with van der Waals surface area (Å²) in [5.74, 6) is -1.26. The van der Waals surface area contributed by atoms with Crippen LogP contribution >= 0.6 is 0 Å². The van der Waals surface area contributed by atoms with Gasteiger partial charge in [-0.3, -0.25) is 4.79 Å². The molecule has 0 aromatic rings. The molecule has 0 aromatic carbocycles. The van der Waals surface area contributed by atoms with E-state index in [0.29, 0.717) is 0 Å². The molecular formula is C9H14O2. The molecule has 0 amide bonds. The highest BCUT2D eigenvalue weighted by Crippen LogP contribution is 2.25. The number of aliphatic hydroxyl groups is 1. The average Bonchev–Trinajstić information content (AvgIpc) is 2.14. The summed E-state index contributed by atoms with van der Waals surface area (Å²) in [6.07, 6.45) is 2.40. The fourth-order valence-corrected chi connectivity index (χ4v) is 1.05. The fourth-order valence-electron chi connectivity index (χ4n) is 1.05. The van der Waals surface area contributed by atoms with Crippen LogP contribution in [-0.4, -0.2) is 16.5 Å². The minimum atomic E-state index is -3.03. The quantitative estimate of drug-likeness (QED) is 0.627. The largest absolute Gasteiger partial charge is 0.390 e. The van der Waals surface area contributed by atoms with Gasteiger partial charge in [-0.15, -0.1) is 0 Å². The number of allylic oxidation sites excluding steroid dienone is 1. The number of carbonyl (C=O) groups is 1. The molecule has 0 fully saturated rings. The molecule has 1 rings (SSSR count). The third-order valence-corrected chi connectivity index (χ3v) is 1.75. The van der Waals surface area contributed by atoms with Gasteiger partial charge in [0.1, 0.15) is 0 Å². The summed E-state index contributed by atoms with van der Waals surface area (Å²) in [7, 11) is 0. The van der Waals surface area contributed by atoms with Gasteiger partial charge >= 0.3 is 0 Å². The molecule has 11 heavy (non-hydrogen) atoms. The smallest absolute Gasteiger partial charge is 0.155 e. The van der Waals surface area contributed by atoms with Gasteiger partial charge in [0.05, 0.1) is 5.60 Å². The van der Waals surface area contributed by atoms with E-state index in [0.717, 1.165) is 6.08 Å². The summed E-state index contributed by atoms with van der Waals surface area (Å²) in [6, 6.07) is 0. The molecule has 0 saturated carbocycles. The van der Waals surface area contributed by atoms with Crippen LogP contribution in [0, 0.1) is 5.92 Å². The van der Waals surface area contributed by atoms with E-state index in [-0.39, 0.29) is 18.6 Å². The van der Waals surface area contributed by atoms with Crippen LogP contribution in [0.15, 0.2) is 12.2 Å². The van der Waals surface area contributed by atoms with Crippen molar-refractivity contribution in [2.24, 2.45) is 5.92 Å². The van der Waals surface area contributed by atoms with Gasteiger partial charge < -0.3 is 5.11 Å². The molecule has 0 radical (unpaired) electrons. The van der Waals surface area contributed by atoms with Gasteiger partial charge in [0.25, 0.3) is 0 Å². The minimum absolute atomic E-state index is 0.0304. The van der Waals surface area contributed by atoms with Crippen molar-refractivity contribution in [3.8, 4) is 0 Å². The highest BCUT2D eigenvalue weighted by molar-refractivity contribution is 5.90. The van der Waals surface area contributed by atoms with Gasteiger partial charge in [-0.2, -0.15) is 0 Å². The Morgan fingerprint density at radius 2 is 2.55 bits per heavy atom.